The zero-order valence-corrected chi connectivity index (χ0v) is 13.1. The monoisotopic (exact) mass is 343 g/mol. The van der Waals surface area contributed by atoms with Gasteiger partial charge in [-0.15, -0.1) is 0 Å². The number of aliphatic hydroxyl groups is 1. The van der Waals surface area contributed by atoms with Crippen molar-refractivity contribution in [3.63, 3.8) is 0 Å². The van der Waals surface area contributed by atoms with E-state index < -0.39 is 23.8 Å². The van der Waals surface area contributed by atoms with Gasteiger partial charge in [0.05, 0.1) is 12.1 Å². The Labute approximate surface area is 142 Å². The van der Waals surface area contributed by atoms with Crippen LogP contribution in [0.2, 0.25) is 0 Å². The number of hydrogen-bond donors (Lipinski definition) is 1. The highest BCUT2D eigenvalue weighted by molar-refractivity contribution is 5.93. The molecule has 0 bridgehead atoms. The van der Waals surface area contributed by atoms with Crippen molar-refractivity contribution in [1.82, 2.24) is 14.3 Å². The van der Waals surface area contributed by atoms with E-state index in [1.165, 1.54) is 4.90 Å². The zero-order chi connectivity index (χ0) is 17.6. The highest BCUT2D eigenvalue weighted by Crippen LogP contribution is 2.35. The molecule has 1 aliphatic rings. The van der Waals surface area contributed by atoms with Gasteiger partial charge in [-0.3, -0.25) is 9.20 Å². The molecule has 3 heterocycles. The molecule has 1 saturated heterocycles. The number of fused-ring (bicyclic) bond motifs is 1. The van der Waals surface area contributed by atoms with Crippen LogP contribution in [0.4, 0.5) is 8.78 Å². The summed E-state index contributed by atoms with van der Waals surface area (Å²) in [7, 11) is 0. The van der Waals surface area contributed by atoms with Gasteiger partial charge in [-0.2, -0.15) is 0 Å². The van der Waals surface area contributed by atoms with Gasteiger partial charge in [0.2, 0.25) is 0 Å². The summed E-state index contributed by atoms with van der Waals surface area (Å²) >= 11 is 0. The van der Waals surface area contributed by atoms with E-state index >= 15 is 0 Å². The van der Waals surface area contributed by atoms with Crippen LogP contribution < -0.4 is 0 Å². The summed E-state index contributed by atoms with van der Waals surface area (Å²) in [6, 6.07) is 7.53. The largest absolute Gasteiger partial charge is 0.391 e. The second-order valence-corrected chi connectivity index (χ2v) is 6.10. The van der Waals surface area contributed by atoms with Gasteiger partial charge in [-0.1, -0.05) is 6.07 Å². The van der Waals surface area contributed by atoms with Crippen molar-refractivity contribution < 1.29 is 18.7 Å². The summed E-state index contributed by atoms with van der Waals surface area (Å²) in [6.45, 7) is 0.0601. The Morgan fingerprint density at radius 2 is 2.08 bits per heavy atom. The fraction of sp³-hybridized carbons (Fsp3) is 0.222. The molecule has 0 spiro atoms. The molecule has 1 amide bonds. The number of pyridine rings is 1. The molecule has 0 radical (unpaired) electrons. The highest BCUT2D eigenvalue weighted by Gasteiger charge is 2.37. The molecule has 5 nitrogen and oxygen atoms in total. The molecular formula is C18H15F2N3O2. The molecule has 4 rings (SSSR count). The van der Waals surface area contributed by atoms with E-state index in [0.29, 0.717) is 11.3 Å². The summed E-state index contributed by atoms with van der Waals surface area (Å²) < 4.78 is 29.4. The van der Waals surface area contributed by atoms with Crippen LogP contribution in [0.5, 0.6) is 0 Å². The van der Waals surface area contributed by atoms with Crippen LogP contribution >= 0.6 is 0 Å². The third-order valence-electron chi connectivity index (χ3n) is 4.50. The molecule has 3 aromatic rings. The van der Waals surface area contributed by atoms with Gasteiger partial charge in [0.15, 0.2) is 0 Å². The minimum atomic E-state index is -0.793. The minimum Gasteiger partial charge on any atom is -0.391 e. The number of hydrogen-bond acceptors (Lipinski definition) is 3. The number of imidazole rings is 1. The molecule has 1 N–H and O–H groups in total. The first-order valence-corrected chi connectivity index (χ1v) is 7.90. The lowest BCUT2D eigenvalue weighted by Gasteiger charge is -2.25. The van der Waals surface area contributed by atoms with E-state index in [2.05, 4.69) is 4.98 Å². The van der Waals surface area contributed by atoms with Gasteiger partial charge < -0.3 is 10.0 Å². The van der Waals surface area contributed by atoms with Crippen molar-refractivity contribution in [2.45, 2.75) is 18.6 Å². The van der Waals surface area contributed by atoms with Crippen LogP contribution in [0.25, 0.3) is 5.65 Å². The van der Waals surface area contributed by atoms with Crippen LogP contribution in [0.1, 0.15) is 28.5 Å². The Bertz CT molecular complexity index is 956. The number of aromatic nitrogens is 2. The van der Waals surface area contributed by atoms with Crippen LogP contribution in [0.15, 0.2) is 48.8 Å². The fourth-order valence-electron chi connectivity index (χ4n) is 3.37. The van der Waals surface area contributed by atoms with E-state index in [1.807, 2.05) is 0 Å². The molecule has 1 fully saturated rings. The quantitative estimate of drug-likeness (QED) is 0.778. The van der Waals surface area contributed by atoms with Gasteiger partial charge in [-0.25, -0.2) is 13.8 Å². The second kappa shape index (κ2) is 5.93. The van der Waals surface area contributed by atoms with Crippen LogP contribution in [-0.4, -0.2) is 37.9 Å². The van der Waals surface area contributed by atoms with Gasteiger partial charge >= 0.3 is 0 Å². The predicted molar refractivity (Wildman–Crippen MR) is 86.0 cm³/mol. The number of aliphatic hydroxyl groups excluding tert-OH is 1. The maximum absolute atomic E-state index is 14.2. The van der Waals surface area contributed by atoms with E-state index in [0.717, 1.165) is 18.2 Å². The Kier molecular flexibility index (Phi) is 3.73. The number of likely N-dealkylation sites (tertiary alicyclic amines) is 1. The molecule has 0 unspecified atom stereocenters. The molecule has 0 aliphatic carbocycles. The molecule has 2 aromatic heterocycles. The Morgan fingerprint density at radius 1 is 1.24 bits per heavy atom. The van der Waals surface area contributed by atoms with Gasteiger partial charge in [0.1, 0.15) is 23.0 Å². The molecule has 1 aliphatic heterocycles. The lowest BCUT2D eigenvalue weighted by atomic mass is 10.0. The molecule has 128 valence electrons. The number of benzene rings is 1. The summed E-state index contributed by atoms with van der Waals surface area (Å²) in [6.07, 6.45) is 2.60. The number of carbonyl (C=O) groups excluding carboxylic acids is 1. The van der Waals surface area contributed by atoms with E-state index in [1.54, 1.807) is 35.0 Å². The first kappa shape index (κ1) is 15.7. The fourth-order valence-corrected chi connectivity index (χ4v) is 3.37. The van der Waals surface area contributed by atoms with Crippen molar-refractivity contribution in [3.8, 4) is 0 Å². The summed E-state index contributed by atoms with van der Waals surface area (Å²) in [5.41, 5.74) is 1.03. The summed E-state index contributed by atoms with van der Waals surface area (Å²) in [4.78, 5) is 18.6. The Hall–Kier alpha value is -2.80. The molecule has 7 heteroatoms. The van der Waals surface area contributed by atoms with Crippen molar-refractivity contribution >= 4 is 11.6 Å². The number of carbonyl (C=O) groups is 1. The normalized spacial score (nSPS) is 20.4. The molecule has 0 saturated carbocycles. The van der Waals surface area contributed by atoms with Gasteiger partial charge in [0, 0.05) is 24.5 Å². The Balaban J connectivity index is 1.76. The first-order valence-electron chi connectivity index (χ1n) is 7.90. The molecular weight excluding hydrogens is 328 g/mol. The SMILES string of the molecule is O=C(c1cccc2nccn12)N1C[C@H](O)C[C@@H]1c1cc(F)ccc1F. The maximum atomic E-state index is 14.2. The smallest absolute Gasteiger partial charge is 0.271 e. The average Bonchev–Trinajstić information content (AvgIpc) is 3.22. The lowest BCUT2D eigenvalue weighted by molar-refractivity contribution is 0.0706. The number of β-amino-alcohol motifs (C(OH)–C–C–N with tert-alkyl or cyclic N) is 1. The number of rotatable bonds is 2. The van der Waals surface area contributed by atoms with Crippen LogP contribution in [-0.2, 0) is 0 Å². The van der Waals surface area contributed by atoms with Gasteiger partial charge in [-0.05, 0) is 36.8 Å². The third-order valence-corrected chi connectivity index (χ3v) is 4.50. The van der Waals surface area contributed by atoms with Crippen molar-refractivity contribution in [3.05, 3.63) is 71.7 Å². The average molecular weight is 343 g/mol. The van der Waals surface area contributed by atoms with Crippen molar-refractivity contribution in [2.75, 3.05) is 6.54 Å². The van der Waals surface area contributed by atoms with E-state index in [9.17, 15) is 18.7 Å². The minimum absolute atomic E-state index is 0.0601. The Morgan fingerprint density at radius 3 is 2.92 bits per heavy atom. The van der Waals surface area contributed by atoms with Crippen molar-refractivity contribution in [2.24, 2.45) is 0 Å². The molecule has 1 aromatic carbocycles. The first-order chi connectivity index (χ1) is 12.0. The maximum Gasteiger partial charge on any atom is 0.271 e. The standard InChI is InChI=1S/C18H15F2N3O2/c19-11-4-5-14(20)13(8-11)16-9-12(24)10-23(16)18(25)15-2-1-3-17-21-6-7-22(15)17/h1-8,12,16,24H,9-10H2/t12-,16-/m1/s1. The third kappa shape index (κ3) is 2.66. The number of amides is 1. The second-order valence-electron chi connectivity index (χ2n) is 6.10. The predicted octanol–water partition coefficient (Wildman–Crippen LogP) is 2.56. The number of halogens is 2. The van der Waals surface area contributed by atoms with Crippen molar-refractivity contribution in [1.29, 1.82) is 0 Å². The molecule has 2 atom stereocenters. The summed E-state index contributed by atoms with van der Waals surface area (Å²) in [5.74, 6) is -1.55. The molecule has 25 heavy (non-hydrogen) atoms. The number of nitrogens with zero attached hydrogens (tertiary/aromatic N) is 3. The summed E-state index contributed by atoms with van der Waals surface area (Å²) in [5, 5.41) is 10.0. The lowest BCUT2D eigenvalue weighted by Crippen LogP contribution is -2.33. The topological polar surface area (TPSA) is 57.8 Å². The zero-order valence-electron chi connectivity index (χ0n) is 13.1. The van der Waals surface area contributed by atoms with Gasteiger partial charge in [0.25, 0.3) is 5.91 Å². The van der Waals surface area contributed by atoms with E-state index in [-0.39, 0.29) is 24.4 Å². The highest BCUT2D eigenvalue weighted by atomic mass is 19.1. The van der Waals surface area contributed by atoms with Crippen LogP contribution in [0.3, 0.4) is 0 Å². The van der Waals surface area contributed by atoms with E-state index in [4.69, 9.17) is 0 Å². The van der Waals surface area contributed by atoms with Crippen LogP contribution in [0, 0.1) is 11.6 Å².